The van der Waals surface area contributed by atoms with Gasteiger partial charge < -0.3 is 15.2 Å². The van der Waals surface area contributed by atoms with E-state index in [-0.39, 0.29) is 24.0 Å². The molecular formula is C25H28ClN5O2S. The maximum atomic E-state index is 12.6. The summed E-state index contributed by atoms with van der Waals surface area (Å²) >= 11 is 7.41. The topological polar surface area (TPSA) is 88.9 Å². The molecule has 0 bridgehead atoms. The molecule has 34 heavy (non-hydrogen) atoms. The number of halogens is 1. The maximum absolute atomic E-state index is 12.6. The van der Waals surface area contributed by atoms with Crippen molar-refractivity contribution in [1.82, 2.24) is 14.8 Å². The predicted octanol–water partition coefficient (Wildman–Crippen LogP) is 5.21. The molecule has 2 aromatic carbocycles. The average molecular weight is 498 g/mol. The monoisotopic (exact) mass is 497 g/mol. The Balaban J connectivity index is 1.65. The molecule has 0 unspecified atom stereocenters. The van der Waals surface area contributed by atoms with Gasteiger partial charge in [-0.25, -0.2) is 0 Å². The van der Waals surface area contributed by atoms with Crippen LogP contribution in [0.2, 0.25) is 5.02 Å². The Kier molecular flexibility index (Phi) is 8.90. The van der Waals surface area contributed by atoms with Crippen molar-refractivity contribution in [3.05, 3.63) is 76.6 Å². The first kappa shape index (κ1) is 25.5. The van der Waals surface area contributed by atoms with E-state index in [0.717, 1.165) is 28.8 Å². The highest BCUT2D eigenvalue weighted by atomic mass is 35.5. The van der Waals surface area contributed by atoms with Crippen LogP contribution in [0.3, 0.4) is 0 Å². The molecule has 1 heterocycles. The molecule has 3 aromatic rings. The van der Waals surface area contributed by atoms with Gasteiger partial charge in [-0.15, -0.1) is 16.8 Å². The van der Waals surface area contributed by atoms with E-state index in [0.29, 0.717) is 28.2 Å². The molecule has 0 aliphatic carbocycles. The van der Waals surface area contributed by atoms with E-state index in [2.05, 4.69) is 34.3 Å². The van der Waals surface area contributed by atoms with Crippen LogP contribution in [0.4, 0.5) is 11.4 Å². The van der Waals surface area contributed by atoms with Crippen LogP contribution in [0.5, 0.6) is 0 Å². The second-order valence-corrected chi connectivity index (χ2v) is 9.14. The van der Waals surface area contributed by atoms with E-state index < -0.39 is 0 Å². The molecule has 9 heteroatoms. The lowest BCUT2D eigenvalue weighted by molar-refractivity contribution is -0.116. The van der Waals surface area contributed by atoms with Crippen molar-refractivity contribution in [3.63, 3.8) is 0 Å². The number of hydrogen-bond acceptors (Lipinski definition) is 5. The van der Waals surface area contributed by atoms with Gasteiger partial charge in [0.05, 0.1) is 12.2 Å². The molecule has 0 aliphatic rings. The number of anilines is 2. The smallest absolute Gasteiger partial charge is 0.234 e. The Morgan fingerprint density at radius 2 is 1.91 bits per heavy atom. The van der Waals surface area contributed by atoms with Gasteiger partial charge in [0.1, 0.15) is 5.82 Å². The highest BCUT2D eigenvalue weighted by Gasteiger charge is 2.17. The Bertz CT molecular complexity index is 1210. The molecular weight excluding hydrogens is 470 g/mol. The Morgan fingerprint density at radius 3 is 2.62 bits per heavy atom. The summed E-state index contributed by atoms with van der Waals surface area (Å²) in [5.41, 5.74) is 4.53. The number of aromatic nitrogens is 3. The zero-order valence-electron chi connectivity index (χ0n) is 19.5. The molecule has 178 valence electrons. The van der Waals surface area contributed by atoms with Gasteiger partial charge in [0, 0.05) is 22.9 Å². The van der Waals surface area contributed by atoms with Crippen LogP contribution >= 0.6 is 23.4 Å². The minimum absolute atomic E-state index is 0.0299. The highest BCUT2D eigenvalue weighted by molar-refractivity contribution is 7.99. The molecule has 2 amide bonds. The largest absolute Gasteiger partial charge is 0.326 e. The van der Waals surface area contributed by atoms with Crippen LogP contribution in [0.25, 0.3) is 0 Å². The average Bonchev–Trinajstić information content (AvgIpc) is 3.17. The fourth-order valence-electron chi connectivity index (χ4n) is 3.40. The zero-order chi connectivity index (χ0) is 24.7. The fraction of sp³-hybridized carbons (Fsp3) is 0.280. The standard InChI is InChI=1S/C25H28ClN5O2S/c1-5-12-31-21(14-22(32)27-19-11-10-16(3)20(26)13-19)29-30-25(31)34-15-23(33)28-24-17(4)8-7-9-18(24)6-2/h5,7-11,13H,1,6,12,14-15H2,2-4H3,(H,27,32)(H,28,33). The summed E-state index contributed by atoms with van der Waals surface area (Å²) in [5, 5.41) is 15.4. The number of carbonyl (C=O) groups excluding carboxylic acids is 2. The van der Waals surface area contributed by atoms with Crippen LogP contribution in [-0.4, -0.2) is 32.3 Å². The van der Waals surface area contributed by atoms with Gasteiger partial charge in [-0.3, -0.25) is 9.59 Å². The second-order valence-electron chi connectivity index (χ2n) is 7.79. The summed E-state index contributed by atoms with van der Waals surface area (Å²) < 4.78 is 1.79. The third kappa shape index (κ3) is 6.48. The quantitative estimate of drug-likeness (QED) is 0.296. The maximum Gasteiger partial charge on any atom is 0.234 e. The van der Waals surface area contributed by atoms with Crippen molar-refractivity contribution in [1.29, 1.82) is 0 Å². The molecule has 3 rings (SSSR count). The number of aryl methyl sites for hydroxylation is 3. The van der Waals surface area contributed by atoms with Gasteiger partial charge in [-0.2, -0.15) is 0 Å². The van der Waals surface area contributed by atoms with Crippen molar-refractivity contribution >= 4 is 46.6 Å². The van der Waals surface area contributed by atoms with E-state index in [1.54, 1.807) is 22.8 Å². The molecule has 0 radical (unpaired) electrons. The lowest BCUT2D eigenvalue weighted by Gasteiger charge is -2.13. The van der Waals surface area contributed by atoms with Gasteiger partial charge >= 0.3 is 0 Å². The van der Waals surface area contributed by atoms with Gasteiger partial charge in [0.2, 0.25) is 11.8 Å². The van der Waals surface area contributed by atoms with Crippen LogP contribution in [0, 0.1) is 13.8 Å². The number of hydrogen-bond donors (Lipinski definition) is 2. The first-order valence-corrected chi connectivity index (χ1v) is 12.3. The van der Waals surface area contributed by atoms with Crippen molar-refractivity contribution in [3.8, 4) is 0 Å². The van der Waals surface area contributed by atoms with E-state index >= 15 is 0 Å². The van der Waals surface area contributed by atoms with E-state index in [1.165, 1.54) is 11.8 Å². The van der Waals surface area contributed by atoms with Crippen LogP contribution < -0.4 is 10.6 Å². The second kappa shape index (κ2) is 11.9. The van der Waals surface area contributed by atoms with E-state index in [9.17, 15) is 9.59 Å². The number of rotatable bonds is 10. The Hall–Kier alpha value is -3.10. The highest BCUT2D eigenvalue weighted by Crippen LogP contribution is 2.23. The molecule has 0 saturated heterocycles. The summed E-state index contributed by atoms with van der Waals surface area (Å²) in [6, 6.07) is 11.3. The molecule has 0 spiro atoms. The number of thioether (sulfide) groups is 1. The van der Waals surface area contributed by atoms with Gasteiger partial charge in [-0.05, 0) is 49.1 Å². The van der Waals surface area contributed by atoms with Crippen molar-refractivity contribution in [2.24, 2.45) is 0 Å². The van der Waals surface area contributed by atoms with Gasteiger partial charge in [0.25, 0.3) is 0 Å². The number of nitrogens with one attached hydrogen (secondary N) is 2. The molecule has 2 N–H and O–H groups in total. The first-order chi connectivity index (χ1) is 16.3. The number of carbonyl (C=O) groups is 2. The third-order valence-corrected chi connectivity index (χ3v) is 6.59. The van der Waals surface area contributed by atoms with Crippen molar-refractivity contribution < 1.29 is 9.59 Å². The molecule has 0 atom stereocenters. The van der Waals surface area contributed by atoms with Gasteiger partial charge in [-0.1, -0.05) is 60.6 Å². The van der Waals surface area contributed by atoms with Crippen LogP contribution in [0.15, 0.2) is 54.2 Å². The fourth-order valence-corrected chi connectivity index (χ4v) is 4.34. The number of allylic oxidation sites excluding steroid dienone is 1. The van der Waals surface area contributed by atoms with Crippen molar-refractivity contribution in [2.75, 3.05) is 16.4 Å². The summed E-state index contributed by atoms with van der Waals surface area (Å²) in [5.74, 6) is 0.294. The zero-order valence-corrected chi connectivity index (χ0v) is 21.1. The minimum atomic E-state index is -0.237. The summed E-state index contributed by atoms with van der Waals surface area (Å²) in [4.78, 5) is 25.2. The lowest BCUT2D eigenvalue weighted by atomic mass is 10.1. The Morgan fingerprint density at radius 1 is 1.12 bits per heavy atom. The number of nitrogens with zero attached hydrogens (tertiary/aromatic N) is 3. The molecule has 1 aromatic heterocycles. The molecule has 0 aliphatic heterocycles. The van der Waals surface area contributed by atoms with E-state index in [1.807, 2.05) is 38.1 Å². The predicted molar refractivity (Wildman–Crippen MR) is 139 cm³/mol. The lowest BCUT2D eigenvalue weighted by Crippen LogP contribution is -2.18. The third-order valence-electron chi connectivity index (χ3n) is 5.22. The normalized spacial score (nSPS) is 10.7. The number of para-hydroxylation sites is 1. The van der Waals surface area contributed by atoms with Crippen molar-refractivity contribution in [2.45, 2.75) is 45.3 Å². The van der Waals surface area contributed by atoms with Crippen LogP contribution in [-0.2, 0) is 29.0 Å². The summed E-state index contributed by atoms with van der Waals surface area (Å²) in [7, 11) is 0. The minimum Gasteiger partial charge on any atom is -0.326 e. The number of amides is 2. The van der Waals surface area contributed by atoms with Crippen LogP contribution in [0.1, 0.15) is 29.4 Å². The molecule has 0 fully saturated rings. The first-order valence-electron chi connectivity index (χ1n) is 10.9. The summed E-state index contributed by atoms with van der Waals surface area (Å²) in [6.07, 6.45) is 2.57. The number of benzene rings is 2. The SMILES string of the molecule is C=CCn1c(CC(=O)Nc2ccc(C)c(Cl)c2)nnc1SCC(=O)Nc1c(C)cccc1CC. The Labute approximate surface area is 209 Å². The molecule has 7 nitrogen and oxygen atoms in total. The summed E-state index contributed by atoms with van der Waals surface area (Å²) in [6.45, 7) is 10.1. The molecule has 0 saturated carbocycles. The van der Waals surface area contributed by atoms with E-state index in [4.69, 9.17) is 11.6 Å². The van der Waals surface area contributed by atoms with Gasteiger partial charge in [0.15, 0.2) is 5.16 Å².